The molecule has 0 bridgehead atoms. The second kappa shape index (κ2) is 4.41. The van der Waals surface area contributed by atoms with Gasteiger partial charge in [-0.15, -0.1) is 11.3 Å². The van der Waals surface area contributed by atoms with Crippen molar-refractivity contribution in [1.82, 2.24) is 10.3 Å². The number of aromatic nitrogens is 1. The Bertz CT molecular complexity index is 369. The van der Waals surface area contributed by atoms with Crippen LogP contribution in [0.2, 0.25) is 0 Å². The van der Waals surface area contributed by atoms with E-state index in [-0.39, 0.29) is 5.78 Å². The maximum atomic E-state index is 11.7. The number of hydrogen-bond donors (Lipinski definition) is 1. The van der Waals surface area contributed by atoms with Crippen LogP contribution in [0.15, 0.2) is 0 Å². The minimum Gasteiger partial charge on any atom is -0.313 e. The molecule has 0 aromatic carbocycles. The van der Waals surface area contributed by atoms with E-state index in [0.717, 1.165) is 10.6 Å². The van der Waals surface area contributed by atoms with E-state index >= 15 is 0 Å². The summed E-state index contributed by atoms with van der Waals surface area (Å²) in [5.41, 5.74) is 0.905. The van der Waals surface area contributed by atoms with Gasteiger partial charge in [-0.1, -0.05) is 6.42 Å². The largest absolute Gasteiger partial charge is 0.313 e. The zero-order chi connectivity index (χ0) is 10.8. The van der Waals surface area contributed by atoms with E-state index in [1.165, 1.54) is 24.3 Å². The summed E-state index contributed by atoms with van der Waals surface area (Å²) in [4.78, 5) is 17.1. The topological polar surface area (TPSA) is 42.0 Å². The molecule has 82 valence electrons. The van der Waals surface area contributed by atoms with Gasteiger partial charge in [0.25, 0.3) is 0 Å². The molecule has 0 atom stereocenters. The number of carbonyl (C=O) groups is 1. The normalized spacial score (nSPS) is 16.4. The standard InChI is InChI=1S/C11H16N2OS/c1-7-10(9(14)6-12-2)15-11(13-7)8-4-3-5-8/h8,12H,3-6H2,1-2H3. The van der Waals surface area contributed by atoms with Crippen LogP contribution in [0, 0.1) is 6.92 Å². The maximum absolute atomic E-state index is 11.7. The smallest absolute Gasteiger partial charge is 0.188 e. The van der Waals surface area contributed by atoms with Gasteiger partial charge < -0.3 is 5.32 Å². The van der Waals surface area contributed by atoms with Crippen molar-refractivity contribution in [2.24, 2.45) is 0 Å². The summed E-state index contributed by atoms with van der Waals surface area (Å²) >= 11 is 1.59. The fourth-order valence-electron chi connectivity index (χ4n) is 1.75. The molecule has 1 aliphatic rings. The summed E-state index contributed by atoms with van der Waals surface area (Å²) in [6, 6.07) is 0. The van der Waals surface area contributed by atoms with Gasteiger partial charge in [-0.3, -0.25) is 4.79 Å². The maximum Gasteiger partial charge on any atom is 0.188 e. The highest BCUT2D eigenvalue weighted by atomic mass is 32.1. The molecular formula is C11H16N2OS. The lowest BCUT2D eigenvalue weighted by Crippen LogP contribution is -2.18. The molecule has 0 spiro atoms. The van der Waals surface area contributed by atoms with Crippen molar-refractivity contribution >= 4 is 17.1 Å². The number of rotatable bonds is 4. The van der Waals surface area contributed by atoms with E-state index in [0.29, 0.717) is 12.5 Å². The zero-order valence-electron chi connectivity index (χ0n) is 9.17. The summed E-state index contributed by atoms with van der Waals surface area (Å²) in [6.07, 6.45) is 3.79. The number of ketones is 1. The Morgan fingerprint density at radius 1 is 1.60 bits per heavy atom. The molecule has 2 rings (SSSR count). The lowest BCUT2D eigenvalue weighted by molar-refractivity contribution is 0.0996. The van der Waals surface area contributed by atoms with Crippen LogP contribution in [-0.4, -0.2) is 24.4 Å². The van der Waals surface area contributed by atoms with Crippen molar-refractivity contribution in [2.75, 3.05) is 13.6 Å². The quantitative estimate of drug-likeness (QED) is 0.797. The predicted molar refractivity (Wildman–Crippen MR) is 61.7 cm³/mol. The Morgan fingerprint density at radius 3 is 2.87 bits per heavy atom. The first kappa shape index (κ1) is 10.8. The van der Waals surface area contributed by atoms with Crippen molar-refractivity contribution in [1.29, 1.82) is 0 Å². The second-order valence-corrected chi connectivity index (χ2v) is 5.08. The summed E-state index contributed by atoms with van der Waals surface area (Å²) < 4.78 is 0. The molecule has 1 fully saturated rings. The molecule has 1 saturated carbocycles. The van der Waals surface area contributed by atoms with Crippen LogP contribution in [0.4, 0.5) is 0 Å². The first-order valence-corrected chi connectivity index (χ1v) is 6.19. The number of likely N-dealkylation sites (N-methyl/N-ethyl adjacent to an activating group) is 1. The van der Waals surface area contributed by atoms with Gasteiger partial charge in [0.15, 0.2) is 5.78 Å². The molecule has 0 saturated heterocycles. The van der Waals surface area contributed by atoms with Crippen molar-refractivity contribution in [2.45, 2.75) is 32.1 Å². The third-order valence-electron chi connectivity index (χ3n) is 2.86. The van der Waals surface area contributed by atoms with Crippen LogP contribution in [-0.2, 0) is 0 Å². The van der Waals surface area contributed by atoms with E-state index in [4.69, 9.17) is 0 Å². The van der Waals surface area contributed by atoms with Gasteiger partial charge in [0, 0.05) is 5.92 Å². The van der Waals surface area contributed by atoms with E-state index in [1.807, 2.05) is 6.92 Å². The predicted octanol–water partition coefficient (Wildman–Crippen LogP) is 2.12. The van der Waals surface area contributed by atoms with Crippen LogP contribution in [0.3, 0.4) is 0 Å². The lowest BCUT2D eigenvalue weighted by Gasteiger charge is -2.22. The third kappa shape index (κ3) is 2.11. The molecule has 0 radical (unpaired) electrons. The Kier molecular flexibility index (Phi) is 3.17. The van der Waals surface area contributed by atoms with E-state index < -0.39 is 0 Å². The van der Waals surface area contributed by atoms with Crippen LogP contribution >= 0.6 is 11.3 Å². The Hall–Kier alpha value is -0.740. The van der Waals surface area contributed by atoms with Crippen LogP contribution < -0.4 is 5.32 Å². The van der Waals surface area contributed by atoms with Gasteiger partial charge in [0.1, 0.15) is 0 Å². The number of nitrogens with one attached hydrogen (secondary N) is 1. The van der Waals surface area contributed by atoms with Gasteiger partial charge in [-0.05, 0) is 26.8 Å². The highest BCUT2D eigenvalue weighted by molar-refractivity contribution is 7.14. The van der Waals surface area contributed by atoms with Crippen molar-refractivity contribution in [3.63, 3.8) is 0 Å². The van der Waals surface area contributed by atoms with Gasteiger partial charge in [0.05, 0.1) is 22.1 Å². The minimum atomic E-state index is 0.165. The molecule has 15 heavy (non-hydrogen) atoms. The van der Waals surface area contributed by atoms with Gasteiger partial charge in [-0.25, -0.2) is 4.98 Å². The Balaban J connectivity index is 2.17. The molecule has 1 heterocycles. The lowest BCUT2D eigenvalue weighted by atomic mass is 9.86. The van der Waals surface area contributed by atoms with Crippen LogP contribution in [0.25, 0.3) is 0 Å². The fraction of sp³-hybridized carbons (Fsp3) is 0.636. The second-order valence-electron chi connectivity index (χ2n) is 4.05. The van der Waals surface area contributed by atoms with Crippen molar-refractivity contribution in [3.8, 4) is 0 Å². The summed E-state index contributed by atoms with van der Waals surface area (Å²) in [5, 5.41) is 4.05. The molecule has 3 nitrogen and oxygen atoms in total. The molecule has 1 aromatic heterocycles. The van der Waals surface area contributed by atoms with Crippen molar-refractivity contribution < 1.29 is 4.79 Å². The Labute approximate surface area is 93.9 Å². The van der Waals surface area contributed by atoms with Crippen LogP contribution in [0.5, 0.6) is 0 Å². The molecule has 0 amide bonds. The summed E-state index contributed by atoms with van der Waals surface area (Å²) in [7, 11) is 1.79. The summed E-state index contributed by atoms with van der Waals surface area (Å²) in [6.45, 7) is 2.34. The number of aryl methyl sites for hydroxylation is 1. The number of thiazole rings is 1. The van der Waals surface area contributed by atoms with Gasteiger partial charge in [-0.2, -0.15) is 0 Å². The molecule has 0 aliphatic heterocycles. The molecule has 1 N–H and O–H groups in total. The number of Topliss-reactive ketones (excluding diaryl/α,β-unsaturated/α-hetero) is 1. The SMILES string of the molecule is CNCC(=O)c1sc(C2CCC2)nc1C. The molecule has 0 unspecified atom stereocenters. The average molecular weight is 224 g/mol. The minimum absolute atomic E-state index is 0.165. The monoisotopic (exact) mass is 224 g/mol. The van der Waals surface area contributed by atoms with E-state index in [1.54, 1.807) is 18.4 Å². The van der Waals surface area contributed by atoms with Crippen LogP contribution in [0.1, 0.15) is 45.6 Å². The van der Waals surface area contributed by atoms with E-state index in [2.05, 4.69) is 10.3 Å². The Morgan fingerprint density at radius 2 is 2.33 bits per heavy atom. The molecule has 1 aromatic rings. The molecular weight excluding hydrogens is 208 g/mol. The van der Waals surface area contributed by atoms with Gasteiger partial charge >= 0.3 is 0 Å². The highest BCUT2D eigenvalue weighted by Crippen LogP contribution is 2.39. The average Bonchev–Trinajstić information content (AvgIpc) is 2.44. The first-order chi connectivity index (χ1) is 7.22. The molecule has 1 aliphatic carbocycles. The highest BCUT2D eigenvalue weighted by Gasteiger charge is 2.25. The molecule has 4 heteroatoms. The number of carbonyl (C=O) groups excluding carboxylic acids is 1. The number of nitrogens with zero attached hydrogens (tertiary/aromatic N) is 1. The van der Waals surface area contributed by atoms with Gasteiger partial charge in [0.2, 0.25) is 0 Å². The van der Waals surface area contributed by atoms with Crippen molar-refractivity contribution in [3.05, 3.63) is 15.6 Å². The summed E-state index contributed by atoms with van der Waals surface area (Å²) in [5.74, 6) is 0.794. The first-order valence-electron chi connectivity index (χ1n) is 5.37. The fourth-order valence-corrected chi connectivity index (χ4v) is 2.92. The third-order valence-corrected chi connectivity index (χ3v) is 4.22. The van der Waals surface area contributed by atoms with E-state index in [9.17, 15) is 4.79 Å². The number of hydrogen-bond acceptors (Lipinski definition) is 4. The zero-order valence-corrected chi connectivity index (χ0v) is 9.99.